The molecule has 1 aromatic heterocycles. The third kappa shape index (κ3) is 3.55. The Labute approximate surface area is 133 Å². The maximum Gasteiger partial charge on any atom is 0.253 e. The van der Waals surface area contributed by atoms with Crippen LogP contribution in [-0.2, 0) is 0 Å². The number of hydrogen-bond acceptors (Lipinski definition) is 2. The van der Waals surface area contributed by atoms with Crippen LogP contribution < -0.4 is 10.9 Å². The lowest BCUT2D eigenvalue weighted by Crippen LogP contribution is -2.29. The summed E-state index contributed by atoms with van der Waals surface area (Å²) in [5, 5.41) is 3.02. The summed E-state index contributed by atoms with van der Waals surface area (Å²) < 4.78 is 0. The monoisotopic (exact) mass is 304 g/mol. The first-order valence-corrected chi connectivity index (χ1v) is 7.33. The van der Waals surface area contributed by atoms with Crippen molar-refractivity contribution in [3.63, 3.8) is 0 Å². The molecule has 4 nitrogen and oxygen atoms in total. The van der Waals surface area contributed by atoms with Crippen molar-refractivity contribution in [2.75, 3.05) is 0 Å². The second-order valence-corrected chi connectivity index (χ2v) is 5.17. The number of aromatic nitrogens is 1. The number of amides is 1. The third-order valence-electron chi connectivity index (χ3n) is 3.59. The predicted octanol–water partition coefficient (Wildman–Crippen LogP) is 2.89. The van der Waals surface area contributed by atoms with Gasteiger partial charge in [-0.15, -0.1) is 0 Å². The van der Waals surface area contributed by atoms with Crippen LogP contribution in [0.4, 0.5) is 0 Å². The molecule has 23 heavy (non-hydrogen) atoms. The largest absolute Gasteiger partial charge is 0.341 e. The van der Waals surface area contributed by atoms with Gasteiger partial charge in [0.1, 0.15) is 0 Å². The fourth-order valence-electron chi connectivity index (χ4n) is 2.42. The molecule has 0 aliphatic heterocycles. The van der Waals surface area contributed by atoms with Crippen LogP contribution in [0.3, 0.4) is 0 Å². The van der Waals surface area contributed by atoms with Gasteiger partial charge in [0.25, 0.3) is 5.91 Å². The van der Waals surface area contributed by atoms with Gasteiger partial charge in [0.2, 0.25) is 5.56 Å². The summed E-state index contributed by atoms with van der Waals surface area (Å²) in [6.07, 6.45) is 1.42. The quantitative estimate of drug-likeness (QED) is 0.778. The zero-order chi connectivity index (χ0) is 16.1. The first kappa shape index (κ1) is 14.8. The second-order valence-electron chi connectivity index (χ2n) is 5.17. The van der Waals surface area contributed by atoms with Crippen molar-refractivity contribution in [2.45, 2.75) is 6.04 Å². The van der Waals surface area contributed by atoms with E-state index >= 15 is 0 Å². The van der Waals surface area contributed by atoms with E-state index in [4.69, 9.17) is 0 Å². The lowest BCUT2D eigenvalue weighted by atomic mass is 9.98. The Balaban J connectivity index is 1.92. The van der Waals surface area contributed by atoms with Crippen LogP contribution in [0.15, 0.2) is 83.8 Å². The molecule has 0 bridgehead atoms. The molecule has 3 rings (SSSR count). The van der Waals surface area contributed by atoms with Crippen LogP contribution in [0.2, 0.25) is 0 Å². The molecule has 0 saturated heterocycles. The SMILES string of the molecule is O=C(NC(c1ccccc1)c1ccccc1)c1ccc(=O)[nH]c1. The number of aromatic amines is 1. The molecule has 0 spiro atoms. The highest BCUT2D eigenvalue weighted by molar-refractivity contribution is 5.94. The standard InChI is InChI=1S/C19H16N2O2/c22-17-12-11-16(13-20-17)19(23)21-18(14-7-3-1-4-8-14)15-9-5-2-6-10-15/h1-13,18H,(H,20,22)(H,21,23). The number of carbonyl (C=O) groups is 1. The van der Waals surface area contributed by atoms with E-state index in [1.54, 1.807) is 0 Å². The molecule has 2 aromatic carbocycles. The molecular formula is C19H16N2O2. The highest BCUT2D eigenvalue weighted by Gasteiger charge is 2.17. The molecule has 0 aliphatic carbocycles. The molecule has 2 N–H and O–H groups in total. The lowest BCUT2D eigenvalue weighted by molar-refractivity contribution is 0.0942. The molecule has 0 saturated carbocycles. The van der Waals surface area contributed by atoms with Crippen molar-refractivity contribution in [1.29, 1.82) is 0 Å². The molecule has 0 unspecified atom stereocenters. The topological polar surface area (TPSA) is 62.0 Å². The molecular weight excluding hydrogens is 288 g/mol. The molecule has 0 radical (unpaired) electrons. The van der Waals surface area contributed by atoms with E-state index in [9.17, 15) is 9.59 Å². The summed E-state index contributed by atoms with van der Waals surface area (Å²) in [7, 11) is 0. The molecule has 4 heteroatoms. The van der Waals surface area contributed by atoms with Crippen molar-refractivity contribution in [2.24, 2.45) is 0 Å². The van der Waals surface area contributed by atoms with Gasteiger partial charge in [-0.05, 0) is 17.2 Å². The van der Waals surface area contributed by atoms with E-state index in [0.29, 0.717) is 5.56 Å². The normalized spacial score (nSPS) is 10.5. The molecule has 0 fully saturated rings. The summed E-state index contributed by atoms with van der Waals surface area (Å²) >= 11 is 0. The zero-order valence-corrected chi connectivity index (χ0v) is 12.4. The summed E-state index contributed by atoms with van der Waals surface area (Å²) in [4.78, 5) is 26.1. The molecule has 1 heterocycles. The summed E-state index contributed by atoms with van der Waals surface area (Å²) in [6.45, 7) is 0. The minimum Gasteiger partial charge on any atom is -0.341 e. The maximum atomic E-state index is 12.5. The van der Waals surface area contributed by atoms with Crippen LogP contribution in [0.5, 0.6) is 0 Å². The number of benzene rings is 2. The van der Waals surface area contributed by atoms with Gasteiger partial charge in [-0.2, -0.15) is 0 Å². The zero-order valence-electron chi connectivity index (χ0n) is 12.4. The van der Waals surface area contributed by atoms with Gasteiger partial charge < -0.3 is 10.3 Å². The van der Waals surface area contributed by atoms with Crippen LogP contribution in [0, 0.1) is 0 Å². The Morgan fingerprint density at radius 2 is 1.39 bits per heavy atom. The van der Waals surface area contributed by atoms with Gasteiger partial charge in [-0.3, -0.25) is 9.59 Å². The summed E-state index contributed by atoms with van der Waals surface area (Å²) in [5.41, 5.74) is 2.18. The van der Waals surface area contributed by atoms with Gasteiger partial charge in [0, 0.05) is 12.3 Å². The Hall–Kier alpha value is -3.14. The molecule has 3 aromatic rings. The van der Waals surface area contributed by atoms with Crippen LogP contribution in [0.25, 0.3) is 0 Å². The van der Waals surface area contributed by atoms with E-state index in [1.807, 2.05) is 60.7 Å². The number of rotatable bonds is 4. The van der Waals surface area contributed by atoms with Crippen LogP contribution >= 0.6 is 0 Å². The highest BCUT2D eigenvalue weighted by atomic mass is 16.2. The second kappa shape index (κ2) is 6.75. The van der Waals surface area contributed by atoms with E-state index in [-0.39, 0.29) is 17.5 Å². The highest BCUT2D eigenvalue weighted by Crippen LogP contribution is 2.22. The minimum atomic E-state index is -0.253. The van der Waals surface area contributed by atoms with Crippen molar-refractivity contribution in [3.05, 3.63) is 106 Å². The van der Waals surface area contributed by atoms with Gasteiger partial charge in [0.05, 0.1) is 11.6 Å². The average Bonchev–Trinajstić information content (AvgIpc) is 2.61. The Morgan fingerprint density at radius 3 is 1.87 bits per heavy atom. The number of nitrogens with one attached hydrogen (secondary N) is 2. The first-order chi connectivity index (χ1) is 11.2. The first-order valence-electron chi connectivity index (χ1n) is 7.33. The third-order valence-corrected chi connectivity index (χ3v) is 3.59. The summed E-state index contributed by atoms with van der Waals surface area (Å²) in [6, 6.07) is 22.2. The number of carbonyl (C=O) groups excluding carboxylic acids is 1. The van der Waals surface area contributed by atoms with Crippen LogP contribution in [0.1, 0.15) is 27.5 Å². The molecule has 0 aliphatic rings. The van der Waals surface area contributed by atoms with E-state index < -0.39 is 0 Å². The van der Waals surface area contributed by atoms with E-state index in [0.717, 1.165) is 11.1 Å². The van der Waals surface area contributed by atoms with Crippen molar-refractivity contribution >= 4 is 5.91 Å². The number of pyridine rings is 1. The lowest BCUT2D eigenvalue weighted by Gasteiger charge is -2.20. The van der Waals surface area contributed by atoms with Gasteiger partial charge in [-0.25, -0.2) is 0 Å². The fraction of sp³-hybridized carbons (Fsp3) is 0.0526. The molecule has 114 valence electrons. The van der Waals surface area contributed by atoms with Crippen molar-refractivity contribution in [3.8, 4) is 0 Å². The predicted molar refractivity (Wildman–Crippen MR) is 89.3 cm³/mol. The van der Waals surface area contributed by atoms with Crippen LogP contribution in [-0.4, -0.2) is 10.9 Å². The van der Waals surface area contributed by atoms with E-state index in [1.165, 1.54) is 18.3 Å². The Bertz CT molecular complexity index is 782. The summed E-state index contributed by atoms with van der Waals surface area (Å²) in [5.74, 6) is -0.237. The van der Waals surface area contributed by atoms with Crippen molar-refractivity contribution < 1.29 is 4.79 Å². The van der Waals surface area contributed by atoms with Gasteiger partial charge in [0.15, 0.2) is 0 Å². The van der Waals surface area contributed by atoms with Gasteiger partial charge >= 0.3 is 0 Å². The number of hydrogen-bond donors (Lipinski definition) is 2. The maximum absolute atomic E-state index is 12.5. The fourth-order valence-corrected chi connectivity index (χ4v) is 2.42. The van der Waals surface area contributed by atoms with Crippen molar-refractivity contribution in [1.82, 2.24) is 10.3 Å². The van der Waals surface area contributed by atoms with E-state index in [2.05, 4.69) is 10.3 Å². The van der Waals surface area contributed by atoms with Gasteiger partial charge in [-0.1, -0.05) is 60.7 Å². The Kier molecular flexibility index (Phi) is 4.34. The average molecular weight is 304 g/mol. The molecule has 0 atom stereocenters. The molecule has 1 amide bonds. The Morgan fingerprint density at radius 1 is 0.826 bits per heavy atom. The number of H-pyrrole nitrogens is 1. The minimum absolute atomic E-state index is 0.232. The smallest absolute Gasteiger partial charge is 0.253 e.